The molecule has 1 aromatic heterocycles. The fourth-order valence-electron chi connectivity index (χ4n) is 3.42. The second-order valence-electron chi connectivity index (χ2n) is 7.30. The lowest BCUT2D eigenvalue weighted by Gasteiger charge is -2.33. The number of phenolic OH excluding ortho intramolecular Hbond substituents is 1. The predicted octanol–water partition coefficient (Wildman–Crippen LogP) is 2.83. The number of phenols is 1. The third-order valence-corrected chi connectivity index (χ3v) is 5.06. The van der Waals surface area contributed by atoms with Crippen LogP contribution in [0.2, 0.25) is 0 Å². The van der Waals surface area contributed by atoms with Gasteiger partial charge in [-0.25, -0.2) is 9.98 Å². The molecule has 0 bridgehead atoms. The number of guanidine groups is 1. The van der Waals surface area contributed by atoms with Crippen molar-refractivity contribution < 1.29 is 9.84 Å². The maximum atomic E-state index is 9.94. The van der Waals surface area contributed by atoms with E-state index in [-0.39, 0.29) is 5.75 Å². The smallest absolute Gasteiger partial charge is 0.191 e. The first-order valence-electron chi connectivity index (χ1n) is 10.2. The number of aromatic nitrogens is 1. The summed E-state index contributed by atoms with van der Waals surface area (Å²) in [5, 5.41) is 16.8. The van der Waals surface area contributed by atoms with Crippen molar-refractivity contribution in [3.8, 4) is 11.5 Å². The molecule has 0 amide bonds. The highest BCUT2D eigenvalue weighted by Gasteiger charge is 2.20. The molecule has 29 heavy (non-hydrogen) atoms. The molecule has 0 spiro atoms. The van der Waals surface area contributed by atoms with Crippen LogP contribution in [0.4, 0.5) is 5.82 Å². The molecule has 3 N–H and O–H groups in total. The molecule has 1 aromatic carbocycles. The number of aryl methyl sites for hydroxylation is 1. The summed E-state index contributed by atoms with van der Waals surface area (Å²) in [5.74, 6) is 2.46. The quantitative estimate of drug-likeness (QED) is 0.514. The second-order valence-corrected chi connectivity index (χ2v) is 7.30. The lowest BCUT2D eigenvalue weighted by Crippen LogP contribution is -2.48. The fraction of sp³-hybridized carbons (Fsp3) is 0.455. The molecule has 0 aliphatic carbocycles. The molecule has 156 valence electrons. The summed E-state index contributed by atoms with van der Waals surface area (Å²) in [6.07, 6.45) is 3.99. The first kappa shape index (κ1) is 20.8. The molecular formula is C22H31N5O2. The number of pyridine rings is 1. The van der Waals surface area contributed by atoms with E-state index in [4.69, 9.17) is 4.74 Å². The number of hydrogen-bond donors (Lipinski definition) is 3. The summed E-state index contributed by atoms with van der Waals surface area (Å²) in [7, 11) is 1.54. The van der Waals surface area contributed by atoms with Gasteiger partial charge in [0.05, 0.1) is 13.7 Å². The first-order valence-corrected chi connectivity index (χ1v) is 10.2. The van der Waals surface area contributed by atoms with E-state index < -0.39 is 0 Å². The van der Waals surface area contributed by atoms with Crippen molar-refractivity contribution in [2.24, 2.45) is 4.99 Å². The molecular weight excluding hydrogens is 366 g/mol. The zero-order chi connectivity index (χ0) is 20.6. The van der Waals surface area contributed by atoms with Crippen LogP contribution in [0.1, 0.15) is 30.9 Å². The van der Waals surface area contributed by atoms with Crippen LogP contribution in [-0.4, -0.2) is 48.8 Å². The van der Waals surface area contributed by atoms with Crippen LogP contribution in [0, 0.1) is 6.92 Å². The van der Waals surface area contributed by atoms with Gasteiger partial charge in [-0.15, -0.1) is 0 Å². The number of nitrogens with zero attached hydrogens (tertiary/aromatic N) is 3. The maximum absolute atomic E-state index is 9.94. The van der Waals surface area contributed by atoms with Crippen LogP contribution < -0.4 is 20.3 Å². The van der Waals surface area contributed by atoms with Crippen molar-refractivity contribution in [1.82, 2.24) is 15.6 Å². The van der Waals surface area contributed by atoms with Crippen LogP contribution in [0.25, 0.3) is 0 Å². The fourth-order valence-corrected chi connectivity index (χ4v) is 3.42. The van der Waals surface area contributed by atoms with E-state index in [1.54, 1.807) is 19.2 Å². The number of benzene rings is 1. The van der Waals surface area contributed by atoms with Gasteiger partial charge in [-0.3, -0.25) is 0 Å². The van der Waals surface area contributed by atoms with Crippen molar-refractivity contribution in [3.63, 3.8) is 0 Å². The normalized spacial score (nSPS) is 15.3. The Kier molecular flexibility index (Phi) is 7.16. The Morgan fingerprint density at radius 2 is 2.07 bits per heavy atom. The van der Waals surface area contributed by atoms with E-state index in [0.29, 0.717) is 18.3 Å². The Labute approximate surface area is 172 Å². The Morgan fingerprint density at radius 3 is 2.69 bits per heavy atom. The van der Waals surface area contributed by atoms with Crippen LogP contribution in [0.5, 0.6) is 11.5 Å². The van der Waals surface area contributed by atoms with E-state index >= 15 is 0 Å². The summed E-state index contributed by atoms with van der Waals surface area (Å²) in [4.78, 5) is 11.6. The molecule has 0 saturated carbocycles. The Morgan fingerprint density at radius 1 is 1.28 bits per heavy atom. The highest BCUT2D eigenvalue weighted by atomic mass is 16.5. The predicted molar refractivity (Wildman–Crippen MR) is 117 cm³/mol. The SMILES string of the molecule is CCNC(=NCc1ccc(OC)c(O)c1)NC1CCN(c2ccc(C)cn2)CC1. The summed E-state index contributed by atoms with van der Waals surface area (Å²) in [5.41, 5.74) is 2.11. The number of nitrogens with one attached hydrogen (secondary N) is 2. The Hall–Kier alpha value is -2.96. The molecule has 7 nitrogen and oxygen atoms in total. The van der Waals surface area contributed by atoms with Crippen LogP contribution >= 0.6 is 0 Å². The zero-order valence-corrected chi connectivity index (χ0v) is 17.5. The summed E-state index contributed by atoms with van der Waals surface area (Å²) in [6.45, 7) is 7.34. The number of methoxy groups -OCH3 is 1. The second kappa shape index (κ2) is 10.0. The summed E-state index contributed by atoms with van der Waals surface area (Å²) in [6, 6.07) is 9.95. The number of ether oxygens (including phenoxy) is 1. The molecule has 1 fully saturated rings. The number of aromatic hydroxyl groups is 1. The molecule has 7 heteroatoms. The van der Waals surface area contributed by atoms with Crippen molar-refractivity contribution in [3.05, 3.63) is 47.7 Å². The highest BCUT2D eigenvalue weighted by Crippen LogP contribution is 2.26. The van der Waals surface area contributed by atoms with Gasteiger partial charge in [-0.2, -0.15) is 0 Å². The standard InChI is InChI=1S/C22H31N5O2/c1-4-23-22(25-15-17-6-7-20(29-3)19(28)13-17)26-18-9-11-27(12-10-18)21-8-5-16(2)14-24-21/h5-8,13-14,18,28H,4,9-12,15H2,1-3H3,(H2,23,25,26). The number of piperidine rings is 1. The molecule has 0 unspecified atom stereocenters. The van der Waals surface area contributed by atoms with Crippen LogP contribution in [0.15, 0.2) is 41.5 Å². The van der Waals surface area contributed by atoms with Crippen molar-refractivity contribution >= 4 is 11.8 Å². The third kappa shape index (κ3) is 5.76. The highest BCUT2D eigenvalue weighted by molar-refractivity contribution is 5.80. The van der Waals surface area contributed by atoms with Gasteiger partial charge in [-0.1, -0.05) is 12.1 Å². The van der Waals surface area contributed by atoms with Crippen LogP contribution in [-0.2, 0) is 6.54 Å². The van der Waals surface area contributed by atoms with E-state index in [9.17, 15) is 5.11 Å². The summed E-state index contributed by atoms with van der Waals surface area (Å²) >= 11 is 0. The van der Waals surface area contributed by atoms with E-state index in [1.807, 2.05) is 12.3 Å². The minimum atomic E-state index is 0.134. The molecule has 0 atom stereocenters. The van der Waals surface area contributed by atoms with Crippen molar-refractivity contribution in [2.75, 3.05) is 31.6 Å². The van der Waals surface area contributed by atoms with E-state index in [2.05, 4.69) is 51.5 Å². The van der Waals surface area contributed by atoms with Gasteiger partial charge < -0.3 is 25.4 Å². The average molecular weight is 398 g/mol. The van der Waals surface area contributed by atoms with Crippen LogP contribution in [0.3, 0.4) is 0 Å². The number of rotatable bonds is 6. The maximum Gasteiger partial charge on any atom is 0.191 e. The molecule has 1 aliphatic heterocycles. The van der Waals surface area contributed by atoms with Crippen molar-refractivity contribution in [1.29, 1.82) is 0 Å². The van der Waals surface area contributed by atoms with Gasteiger partial charge in [-0.05, 0) is 56.0 Å². The van der Waals surface area contributed by atoms with E-state index in [0.717, 1.165) is 49.8 Å². The minimum absolute atomic E-state index is 0.134. The molecule has 3 rings (SSSR count). The minimum Gasteiger partial charge on any atom is -0.504 e. The largest absolute Gasteiger partial charge is 0.504 e. The summed E-state index contributed by atoms with van der Waals surface area (Å²) < 4.78 is 5.09. The lowest BCUT2D eigenvalue weighted by atomic mass is 10.1. The third-order valence-electron chi connectivity index (χ3n) is 5.06. The van der Waals surface area contributed by atoms with E-state index in [1.165, 1.54) is 5.56 Å². The average Bonchev–Trinajstić information content (AvgIpc) is 2.73. The Balaban J connectivity index is 1.55. The van der Waals surface area contributed by atoms with Gasteiger partial charge >= 0.3 is 0 Å². The molecule has 1 saturated heterocycles. The van der Waals surface area contributed by atoms with Gasteiger partial charge in [0.2, 0.25) is 0 Å². The van der Waals surface area contributed by atoms with Gasteiger partial charge in [0.15, 0.2) is 17.5 Å². The number of aliphatic imine (C=N–C) groups is 1. The molecule has 2 aromatic rings. The van der Waals surface area contributed by atoms with Crippen molar-refractivity contribution in [2.45, 2.75) is 39.3 Å². The van der Waals surface area contributed by atoms with Gasteiger partial charge in [0.1, 0.15) is 5.82 Å². The monoisotopic (exact) mass is 397 g/mol. The van der Waals surface area contributed by atoms with Gasteiger partial charge in [0.25, 0.3) is 0 Å². The molecule has 1 aliphatic rings. The number of hydrogen-bond acceptors (Lipinski definition) is 5. The lowest BCUT2D eigenvalue weighted by molar-refractivity contribution is 0.373. The van der Waals surface area contributed by atoms with Gasteiger partial charge in [0, 0.05) is 31.9 Å². The molecule has 0 radical (unpaired) electrons. The first-order chi connectivity index (χ1) is 14.1. The number of anilines is 1. The topological polar surface area (TPSA) is 82.0 Å². The zero-order valence-electron chi connectivity index (χ0n) is 17.5. The Bertz CT molecular complexity index is 814. The molecule has 2 heterocycles.